The highest BCUT2D eigenvalue weighted by Gasteiger charge is 2.09. The Bertz CT molecular complexity index is 798. The lowest BCUT2D eigenvalue weighted by atomic mass is 10.2. The molecule has 0 unspecified atom stereocenters. The predicted octanol–water partition coefficient (Wildman–Crippen LogP) is 3.52. The summed E-state index contributed by atoms with van der Waals surface area (Å²) >= 11 is 0. The van der Waals surface area contributed by atoms with Gasteiger partial charge in [0.15, 0.2) is 6.29 Å². The minimum Gasteiger partial charge on any atom is -0.497 e. The van der Waals surface area contributed by atoms with Crippen LogP contribution in [0.5, 0.6) is 11.5 Å². The Morgan fingerprint density at radius 1 is 1.05 bits per heavy atom. The number of aldehydes is 1. The van der Waals surface area contributed by atoms with Crippen molar-refractivity contribution in [3.05, 3.63) is 59.8 Å². The average molecular weight is 295 g/mol. The van der Waals surface area contributed by atoms with Crippen LogP contribution in [0.25, 0.3) is 10.9 Å². The fourth-order valence-electron chi connectivity index (χ4n) is 2.65. The number of para-hydroxylation sites is 1. The summed E-state index contributed by atoms with van der Waals surface area (Å²) in [5, 5.41) is 0.965. The van der Waals surface area contributed by atoms with Gasteiger partial charge in [-0.3, -0.25) is 4.79 Å². The van der Waals surface area contributed by atoms with Gasteiger partial charge in [0.05, 0.1) is 14.2 Å². The van der Waals surface area contributed by atoms with Gasteiger partial charge in [0.1, 0.15) is 11.5 Å². The maximum Gasteiger partial charge on any atom is 0.152 e. The summed E-state index contributed by atoms with van der Waals surface area (Å²) in [6, 6.07) is 13.7. The molecule has 0 bridgehead atoms. The number of nitrogens with zero attached hydrogens (tertiary/aromatic N) is 1. The number of hydrogen-bond donors (Lipinski definition) is 0. The first-order chi connectivity index (χ1) is 10.7. The van der Waals surface area contributed by atoms with E-state index >= 15 is 0 Å². The molecule has 0 radical (unpaired) electrons. The first-order valence-corrected chi connectivity index (χ1v) is 7.00. The SMILES string of the molecule is COc1cc(Cn2cc(C=O)c3ccccc32)cc(OC)c1. The van der Waals surface area contributed by atoms with Crippen molar-refractivity contribution < 1.29 is 14.3 Å². The van der Waals surface area contributed by atoms with Crippen LogP contribution < -0.4 is 9.47 Å². The van der Waals surface area contributed by atoms with Gasteiger partial charge >= 0.3 is 0 Å². The van der Waals surface area contributed by atoms with E-state index in [1.807, 2.05) is 48.7 Å². The van der Waals surface area contributed by atoms with E-state index in [-0.39, 0.29) is 0 Å². The minimum absolute atomic E-state index is 0.641. The summed E-state index contributed by atoms with van der Waals surface area (Å²) in [6.07, 6.45) is 2.77. The lowest BCUT2D eigenvalue weighted by molar-refractivity contribution is 0.112. The second-order valence-corrected chi connectivity index (χ2v) is 5.07. The first kappa shape index (κ1) is 14.2. The van der Waals surface area contributed by atoms with Gasteiger partial charge in [0.25, 0.3) is 0 Å². The topological polar surface area (TPSA) is 40.5 Å². The number of benzene rings is 2. The minimum atomic E-state index is 0.641. The third-order valence-corrected chi connectivity index (χ3v) is 3.71. The number of hydrogen-bond acceptors (Lipinski definition) is 3. The first-order valence-electron chi connectivity index (χ1n) is 7.00. The van der Waals surface area contributed by atoms with Crippen LogP contribution in [-0.2, 0) is 6.54 Å². The van der Waals surface area contributed by atoms with Crippen LogP contribution in [0.2, 0.25) is 0 Å². The molecule has 2 aromatic carbocycles. The molecule has 1 aromatic heterocycles. The molecule has 0 aliphatic carbocycles. The third kappa shape index (κ3) is 2.55. The van der Waals surface area contributed by atoms with Crippen molar-refractivity contribution >= 4 is 17.2 Å². The van der Waals surface area contributed by atoms with Crippen molar-refractivity contribution in [1.29, 1.82) is 0 Å². The molecule has 0 fully saturated rings. The van der Waals surface area contributed by atoms with Gasteiger partial charge in [0, 0.05) is 35.3 Å². The molecule has 0 spiro atoms. The molecule has 0 atom stereocenters. The van der Waals surface area contributed by atoms with Gasteiger partial charge < -0.3 is 14.0 Å². The van der Waals surface area contributed by atoms with Crippen LogP contribution in [-0.4, -0.2) is 25.1 Å². The van der Waals surface area contributed by atoms with Gasteiger partial charge in [-0.1, -0.05) is 18.2 Å². The Kier molecular flexibility index (Phi) is 3.83. The molecule has 0 aliphatic rings. The second-order valence-electron chi connectivity index (χ2n) is 5.07. The highest BCUT2D eigenvalue weighted by atomic mass is 16.5. The van der Waals surface area contributed by atoms with Crippen LogP contribution in [0, 0.1) is 0 Å². The lowest BCUT2D eigenvalue weighted by Crippen LogP contribution is -1.99. The zero-order chi connectivity index (χ0) is 15.5. The molecule has 0 saturated carbocycles. The molecule has 0 aliphatic heterocycles. The molecular weight excluding hydrogens is 278 g/mol. The van der Waals surface area contributed by atoms with E-state index in [0.29, 0.717) is 12.1 Å². The number of carbonyl (C=O) groups is 1. The maximum atomic E-state index is 11.2. The Morgan fingerprint density at radius 3 is 2.36 bits per heavy atom. The summed E-state index contributed by atoms with van der Waals surface area (Å²) in [6.45, 7) is 0.641. The van der Waals surface area contributed by atoms with Crippen molar-refractivity contribution in [2.24, 2.45) is 0 Å². The molecule has 3 rings (SSSR count). The fourth-order valence-corrected chi connectivity index (χ4v) is 2.65. The van der Waals surface area contributed by atoms with Gasteiger partial charge in [0.2, 0.25) is 0 Å². The van der Waals surface area contributed by atoms with Crippen LogP contribution in [0.4, 0.5) is 0 Å². The number of methoxy groups -OCH3 is 2. The summed E-state index contributed by atoms with van der Waals surface area (Å²) in [7, 11) is 3.27. The smallest absolute Gasteiger partial charge is 0.152 e. The Balaban J connectivity index is 2.05. The molecular formula is C18H17NO3. The molecule has 22 heavy (non-hydrogen) atoms. The largest absolute Gasteiger partial charge is 0.497 e. The van der Waals surface area contributed by atoms with Gasteiger partial charge in [-0.25, -0.2) is 0 Å². The van der Waals surface area contributed by atoms with Crippen molar-refractivity contribution in [3.8, 4) is 11.5 Å². The van der Waals surface area contributed by atoms with Gasteiger partial charge in [-0.15, -0.1) is 0 Å². The summed E-state index contributed by atoms with van der Waals surface area (Å²) in [5.74, 6) is 1.50. The Hall–Kier alpha value is -2.75. The van der Waals surface area contributed by atoms with Crippen LogP contribution in [0.3, 0.4) is 0 Å². The zero-order valence-electron chi connectivity index (χ0n) is 12.6. The summed E-state index contributed by atoms with van der Waals surface area (Å²) in [4.78, 5) is 11.2. The van der Waals surface area contributed by atoms with E-state index in [0.717, 1.165) is 34.3 Å². The molecule has 0 N–H and O–H groups in total. The number of fused-ring (bicyclic) bond motifs is 1. The highest BCUT2D eigenvalue weighted by molar-refractivity contribution is 5.97. The number of aromatic nitrogens is 1. The molecule has 4 nitrogen and oxygen atoms in total. The standard InChI is InChI=1S/C18H17NO3/c1-21-15-7-13(8-16(9-15)22-2)10-19-11-14(12-20)17-5-3-4-6-18(17)19/h3-9,11-12H,10H2,1-2H3. The third-order valence-electron chi connectivity index (χ3n) is 3.71. The van der Waals surface area contributed by atoms with Crippen molar-refractivity contribution in [2.75, 3.05) is 14.2 Å². The molecule has 0 amide bonds. The van der Waals surface area contributed by atoms with Crippen molar-refractivity contribution in [2.45, 2.75) is 6.54 Å². The summed E-state index contributed by atoms with van der Waals surface area (Å²) in [5.41, 5.74) is 2.78. The monoisotopic (exact) mass is 295 g/mol. The van der Waals surface area contributed by atoms with E-state index in [1.54, 1.807) is 14.2 Å². The summed E-state index contributed by atoms with van der Waals surface area (Å²) < 4.78 is 12.7. The second kappa shape index (κ2) is 5.93. The van der Waals surface area contributed by atoms with Gasteiger partial charge in [-0.05, 0) is 23.8 Å². The van der Waals surface area contributed by atoms with E-state index in [4.69, 9.17) is 9.47 Å². The van der Waals surface area contributed by atoms with Crippen molar-refractivity contribution in [3.63, 3.8) is 0 Å². The molecule has 0 saturated heterocycles. The van der Waals surface area contributed by atoms with E-state index < -0.39 is 0 Å². The van der Waals surface area contributed by atoms with Gasteiger partial charge in [-0.2, -0.15) is 0 Å². The zero-order valence-corrected chi connectivity index (χ0v) is 12.6. The van der Waals surface area contributed by atoms with E-state index in [1.165, 1.54) is 0 Å². The fraction of sp³-hybridized carbons (Fsp3) is 0.167. The van der Waals surface area contributed by atoms with E-state index in [2.05, 4.69) is 4.57 Å². The van der Waals surface area contributed by atoms with Crippen LogP contribution >= 0.6 is 0 Å². The maximum absolute atomic E-state index is 11.2. The Labute approximate surface area is 128 Å². The quantitative estimate of drug-likeness (QED) is 0.676. The molecule has 112 valence electrons. The number of rotatable bonds is 5. The Morgan fingerprint density at radius 2 is 1.73 bits per heavy atom. The predicted molar refractivity (Wildman–Crippen MR) is 86.0 cm³/mol. The molecule has 4 heteroatoms. The van der Waals surface area contributed by atoms with E-state index in [9.17, 15) is 4.79 Å². The molecule has 3 aromatic rings. The average Bonchev–Trinajstić information content (AvgIpc) is 2.92. The number of ether oxygens (including phenoxy) is 2. The highest BCUT2D eigenvalue weighted by Crippen LogP contribution is 2.25. The molecule has 1 heterocycles. The lowest BCUT2D eigenvalue weighted by Gasteiger charge is -2.10. The van der Waals surface area contributed by atoms with Crippen LogP contribution in [0.1, 0.15) is 15.9 Å². The normalized spacial score (nSPS) is 10.6. The van der Waals surface area contributed by atoms with Crippen molar-refractivity contribution in [1.82, 2.24) is 4.57 Å². The number of carbonyl (C=O) groups excluding carboxylic acids is 1. The van der Waals surface area contributed by atoms with Crippen LogP contribution in [0.15, 0.2) is 48.7 Å².